The number of carbonyl (C=O) groups is 1. The molecule has 35 heavy (non-hydrogen) atoms. The number of nitrogens with zero attached hydrogens (tertiary/aromatic N) is 4. The van der Waals surface area contributed by atoms with Gasteiger partial charge in [-0.1, -0.05) is 37.6 Å². The van der Waals surface area contributed by atoms with Gasteiger partial charge in [0.05, 0.1) is 23.7 Å². The van der Waals surface area contributed by atoms with Crippen molar-refractivity contribution in [2.45, 2.75) is 39.3 Å². The maximum Gasteiger partial charge on any atom is 0.337 e. The first kappa shape index (κ1) is 22.7. The lowest BCUT2D eigenvalue weighted by Gasteiger charge is -2.12. The highest BCUT2D eigenvalue weighted by atomic mass is 16.5. The number of pyridine rings is 1. The van der Waals surface area contributed by atoms with Crippen molar-refractivity contribution in [1.29, 1.82) is 0 Å². The summed E-state index contributed by atoms with van der Waals surface area (Å²) in [5.41, 5.74) is 11.6. The van der Waals surface area contributed by atoms with E-state index < -0.39 is 5.97 Å². The summed E-state index contributed by atoms with van der Waals surface area (Å²) in [6.07, 6.45) is 7.12. The van der Waals surface area contributed by atoms with Crippen LogP contribution in [0.15, 0.2) is 67.0 Å². The van der Waals surface area contributed by atoms with E-state index in [9.17, 15) is 4.79 Å². The number of carbonyl (C=O) groups excluding carboxylic acids is 1. The van der Waals surface area contributed by atoms with Crippen molar-refractivity contribution in [2.75, 3.05) is 12.8 Å². The molecule has 7 nitrogen and oxygen atoms in total. The number of aryl methyl sites for hydroxylation is 1. The quantitative estimate of drug-likeness (QED) is 0.317. The molecule has 0 spiro atoms. The van der Waals surface area contributed by atoms with Crippen LogP contribution in [0.2, 0.25) is 0 Å². The summed E-state index contributed by atoms with van der Waals surface area (Å²) in [6, 6.07) is 18.2. The molecule has 3 heterocycles. The van der Waals surface area contributed by atoms with Gasteiger partial charge in [-0.3, -0.25) is 0 Å². The lowest BCUT2D eigenvalue weighted by atomic mass is 10.1. The Bertz CT molecular complexity index is 1480. The average molecular weight is 468 g/mol. The number of aromatic nitrogens is 4. The lowest BCUT2D eigenvalue weighted by Crippen LogP contribution is -2.07. The third-order valence-corrected chi connectivity index (χ3v) is 6.35. The van der Waals surface area contributed by atoms with Crippen molar-refractivity contribution in [1.82, 2.24) is 19.1 Å². The van der Waals surface area contributed by atoms with Crippen LogP contribution in [0, 0.1) is 0 Å². The molecule has 0 atom stereocenters. The number of hydrogen-bond donors (Lipinski definition) is 1. The van der Waals surface area contributed by atoms with Gasteiger partial charge in [-0.15, -0.1) is 0 Å². The number of methoxy groups -OCH3 is 1. The van der Waals surface area contributed by atoms with E-state index in [-0.39, 0.29) is 0 Å². The van der Waals surface area contributed by atoms with Gasteiger partial charge < -0.3 is 19.6 Å². The Morgan fingerprint density at radius 2 is 1.71 bits per heavy atom. The summed E-state index contributed by atoms with van der Waals surface area (Å²) in [4.78, 5) is 21.5. The van der Waals surface area contributed by atoms with Gasteiger partial charge in [0.25, 0.3) is 0 Å². The van der Waals surface area contributed by atoms with Crippen molar-refractivity contribution in [3.63, 3.8) is 0 Å². The topological polar surface area (TPSA) is 88.0 Å². The Morgan fingerprint density at radius 1 is 1.00 bits per heavy atom. The number of benzene rings is 2. The highest BCUT2D eigenvalue weighted by Crippen LogP contribution is 2.31. The lowest BCUT2D eigenvalue weighted by molar-refractivity contribution is 0.0601. The first-order chi connectivity index (χ1) is 17.1. The standard InChI is InChI=1S/C28H29N5O2/c1-3-4-7-24-31-25-26(22-13-12-21(28(34)35-2)16-23(22)30-27(25)29)33(24)18-20-10-8-19(9-11-20)17-32-14-5-6-15-32/h5-6,8-16H,3-4,7,17-18H2,1-2H3,(H2,29,30). The Labute approximate surface area is 204 Å². The molecule has 0 fully saturated rings. The number of esters is 1. The van der Waals surface area contributed by atoms with Crippen molar-refractivity contribution < 1.29 is 9.53 Å². The number of hydrogen-bond acceptors (Lipinski definition) is 5. The molecular formula is C28H29N5O2. The first-order valence-electron chi connectivity index (χ1n) is 11.9. The summed E-state index contributed by atoms with van der Waals surface area (Å²) in [7, 11) is 1.37. The molecule has 0 aliphatic carbocycles. The van der Waals surface area contributed by atoms with Crippen LogP contribution in [0.3, 0.4) is 0 Å². The molecule has 178 valence electrons. The van der Waals surface area contributed by atoms with Gasteiger partial charge in [-0.2, -0.15) is 0 Å². The predicted molar refractivity (Wildman–Crippen MR) is 138 cm³/mol. The molecule has 0 amide bonds. The maximum atomic E-state index is 12.1. The van der Waals surface area contributed by atoms with Gasteiger partial charge in [0.2, 0.25) is 0 Å². The van der Waals surface area contributed by atoms with Gasteiger partial charge in [0.1, 0.15) is 11.3 Å². The number of rotatable bonds is 8. The monoisotopic (exact) mass is 467 g/mol. The maximum absolute atomic E-state index is 12.1. The van der Waals surface area contributed by atoms with Gasteiger partial charge in [-0.25, -0.2) is 14.8 Å². The van der Waals surface area contributed by atoms with E-state index in [2.05, 4.69) is 57.7 Å². The minimum Gasteiger partial charge on any atom is -0.465 e. The molecule has 3 aromatic heterocycles. The van der Waals surface area contributed by atoms with E-state index in [0.717, 1.165) is 42.5 Å². The molecule has 0 aliphatic heterocycles. The van der Waals surface area contributed by atoms with Crippen LogP contribution in [0.4, 0.5) is 5.82 Å². The Hall–Kier alpha value is -4.13. The SMILES string of the molecule is CCCCc1nc2c(N)nc3cc(C(=O)OC)ccc3c2n1Cc1ccc(Cn2cccc2)cc1. The Kier molecular flexibility index (Phi) is 6.23. The molecule has 0 aliphatic rings. The summed E-state index contributed by atoms with van der Waals surface area (Å²) in [5.74, 6) is 0.967. The Morgan fingerprint density at radius 3 is 2.40 bits per heavy atom. The molecule has 0 unspecified atom stereocenters. The van der Waals surface area contributed by atoms with Crippen LogP contribution in [0.5, 0.6) is 0 Å². The number of imidazole rings is 1. The van der Waals surface area contributed by atoms with Crippen LogP contribution in [-0.4, -0.2) is 32.2 Å². The smallest absolute Gasteiger partial charge is 0.337 e. The van der Waals surface area contributed by atoms with Crippen molar-refractivity contribution >= 4 is 33.7 Å². The van der Waals surface area contributed by atoms with Crippen LogP contribution in [0.1, 0.15) is 47.1 Å². The zero-order chi connectivity index (χ0) is 24.4. The molecule has 0 saturated heterocycles. The van der Waals surface area contributed by atoms with Crippen molar-refractivity contribution in [3.8, 4) is 0 Å². The molecule has 5 aromatic rings. The molecule has 2 N–H and O–H groups in total. The minimum atomic E-state index is -0.399. The summed E-state index contributed by atoms with van der Waals surface area (Å²) in [5, 5.41) is 0.918. The van der Waals surface area contributed by atoms with Gasteiger partial charge in [0.15, 0.2) is 5.82 Å². The molecular weight excluding hydrogens is 438 g/mol. The number of nitrogen functional groups attached to an aromatic ring is 1. The number of nitrogens with two attached hydrogens (primary N) is 1. The number of ether oxygens (including phenoxy) is 1. The van der Waals surface area contributed by atoms with Crippen molar-refractivity contribution in [2.24, 2.45) is 0 Å². The molecule has 0 radical (unpaired) electrons. The van der Waals surface area contributed by atoms with Gasteiger partial charge in [-0.05, 0) is 47.9 Å². The molecule has 2 aromatic carbocycles. The van der Waals surface area contributed by atoms with E-state index in [1.165, 1.54) is 18.2 Å². The molecule has 0 bridgehead atoms. The second-order valence-corrected chi connectivity index (χ2v) is 8.81. The van der Waals surface area contributed by atoms with Crippen LogP contribution < -0.4 is 5.73 Å². The number of fused-ring (bicyclic) bond motifs is 3. The third-order valence-electron chi connectivity index (χ3n) is 6.35. The van der Waals surface area contributed by atoms with Crippen LogP contribution in [-0.2, 0) is 24.2 Å². The van der Waals surface area contributed by atoms with Gasteiger partial charge >= 0.3 is 5.97 Å². The second kappa shape index (κ2) is 9.62. The van der Waals surface area contributed by atoms with E-state index in [1.807, 2.05) is 18.2 Å². The number of unbranched alkanes of at least 4 members (excludes halogenated alkanes) is 1. The fourth-order valence-corrected chi connectivity index (χ4v) is 4.52. The molecule has 5 rings (SSSR count). The normalized spacial score (nSPS) is 11.4. The second-order valence-electron chi connectivity index (χ2n) is 8.81. The van der Waals surface area contributed by atoms with Crippen molar-refractivity contribution in [3.05, 3.63) is 89.5 Å². The van der Waals surface area contributed by atoms with E-state index in [0.29, 0.717) is 29.0 Å². The summed E-state index contributed by atoms with van der Waals surface area (Å²) < 4.78 is 9.29. The predicted octanol–water partition coefficient (Wildman–Crippen LogP) is 5.19. The fraction of sp³-hybridized carbons (Fsp3) is 0.250. The van der Waals surface area contributed by atoms with E-state index in [1.54, 1.807) is 12.1 Å². The fourth-order valence-electron chi connectivity index (χ4n) is 4.52. The Balaban J connectivity index is 1.58. The van der Waals surface area contributed by atoms with E-state index >= 15 is 0 Å². The summed E-state index contributed by atoms with van der Waals surface area (Å²) in [6.45, 7) is 3.70. The van der Waals surface area contributed by atoms with Crippen LogP contribution >= 0.6 is 0 Å². The molecule has 0 saturated carbocycles. The highest BCUT2D eigenvalue weighted by Gasteiger charge is 2.19. The molecule has 7 heteroatoms. The minimum absolute atomic E-state index is 0.369. The summed E-state index contributed by atoms with van der Waals surface area (Å²) >= 11 is 0. The largest absolute Gasteiger partial charge is 0.465 e. The zero-order valence-corrected chi connectivity index (χ0v) is 20.1. The highest BCUT2D eigenvalue weighted by molar-refractivity contribution is 6.08. The first-order valence-corrected chi connectivity index (χ1v) is 11.9. The van der Waals surface area contributed by atoms with Gasteiger partial charge in [0, 0.05) is 37.3 Å². The van der Waals surface area contributed by atoms with Crippen LogP contribution in [0.25, 0.3) is 21.9 Å². The van der Waals surface area contributed by atoms with E-state index in [4.69, 9.17) is 15.5 Å². The average Bonchev–Trinajstić information content (AvgIpc) is 3.51. The zero-order valence-electron chi connectivity index (χ0n) is 20.1. The number of anilines is 1. The third kappa shape index (κ3) is 4.49.